The van der Waals surface area contributed by atoms with E-state index in [-0.39, 0.29) is 27.8 Å². The number of hydrazine groups is 1. The average Bonchev–Trinajstić information content (AvgIpc) is 3.38. The van der Waals surface area contributed by atoms with Gasteiger partial charge in [-0.15, -0.1) is 5.01 Å². The van der Waals surface area contributed by atoms with E-state index >= 15 is 0 Å². The molecule has 1 amide bonds. The predicted molar refractivity (Wildman–Crippen MR) is 141 cm³/mol. The Kier molecular flexibility index (Phi) is 10.2. The highest BCUT2D eigenvalue weighted by Crippen LogP contribution is 2.33. The number of halogens is 3. The second-order valence-corrected chi connectivity index (χ2v) is 10.6. The second kappa shape index (κ2) is 13.4. The molecule has 1 N–H and O–H groups in total. The molecular weight excluding hydrogens is 601 g/mol. The van der Waals surface area contributed by atoms with Gasteiger partial charge in [-0.3, -0.25) is 9.63 Å². The van der Waals surface area contributed by atoms with Crippen molar-refractivity contribution in [1.29, 1.82) is 0 Å². The van der Waals surface area contributed by atoms with Crippen LogP contribution in [0, 0.1) is 12.1 Å². The highest BCUT2D eigenvalue weighted by molar-refractivity contribution is 7.90. The summed E-state index contributed by atoms with van der Waals surface area (Å²) in [7, 11) is -3.18. The second-order valence-electron chi connectivity index (χ2n) is 8.92. The number of carbonyl (C=O) groups is 2. The highest BCUT2D eigenvalue weighted by atomic mass is 32.2. The van der Waals surface area contributed by atoms with Gasteiger partial charge in [0.2, 0.25) is 5.28 Å². The summed E-state index contributed by atoms with van der Waals surface area (Å²) < 4.78 is 77.8. The fraction of sp³-hybridized carbons (Fsp3) is 0.320. The molecule has 1 unspecified atom stereocenters. The molecule has 1 heterocycles. The van der Waals surface area contributed by atoms with Crippen LogP contribution in [0.2, 0.25) is 0 Å². The van der Waals surface area contributed by atoms with E-state index in [1.807, 2.05) is 6.92 Å². The number of likely N-dealkylation sites (N-methyl/N-ethyl adjacent to an activating group) is 1. The molecule has 0 bridgehead atoms. The van der Waals surface area contributed by atoms with Crippen LogP contribution in [0.1, 0.15) is 25.1 Å². The lowest BCUT2D eigenvalue weighted by Gasteiger charge is -2.14. The van der Waals surface area contributed by atoms with E-state index in [1.165, 1.54) is 26.1 Å². The lowest BCUT2D eigenvalue weighted by molar-refractivity contribution is -0.707. The first-order valence-corrected chi connectivity index (χ1v) is 13.8. The van der Waals surface area contributed by atoms with Crippen molar-refractivity contribution in [1.82, 2.24) is 19.5 Å². The summed E-state index contributed by atoms with van der Waals surface area (Å²) in [5.41, 5.74) is 0.489. The number of esters is 1. The highest BCUT2D eigenvalue weighted by Gasteiger charge is 2.35. The Bertz CT molecular complexity index is 1580. The van der Waals surface area contributed by atoms with E-state index in [4.69, 9.17) is 4.74 Å². The average molecular weight is 629 g/mol. The molecule has 0 aliphatic carbocycles. The SMILES string of the molecule is CC(=O)OC(C)ON=[N+]([O-])N(C)CCOC(=O)NS(=O)(=O)c1ccc(-n2nc(C(F)(F)F)cc2-c2ccc(C)cc2)cc1. The molecule has 1 atom stereocenters. The number of benzene rings is 2. The van der Waals surface area contributed by atoms with Crippen LogP contribution >= 0.6 is 0 Å². The van der Waals surface area contributed by atoms with Crippen LogP contribution in [0.5, 0.6) is 0 Å². The van der Waals surface area contributed by atoms with Crippen LogP contribution in [0.15, 0.2) is 64.8 Å². The van der Waals surface area contributed by atoms with Gasteiger partial charge in [0.05, 0.1) is 28.3 Å². The van der Waals surface area contributed by atoms with E-state index in [0.29, 0.717) is 5.56 Å². The van der Waals surface area contributed by atoms with Crippen LogP contribution in [0.3, 0.4) is 0 Å². The third-order valence-electron chi connectivity index (χ3n) is 5.49. The van der Waals surface area contributed by atoms with Crippen LogP contribution in [0.4, 0.5) is 18.0 Å². The summed E-state index contributed by atoms with van der Waals surface area (Å²) in [6.45, 7) is 3.62. The van der Waals surface area contributed by atoms with E-state index in [2.05, 4.69) is 20.0 Å². The number of aryl methyl sites for hydroxylation is 1. The number of sulfonamides is 1. The van der Waals surface area contributed by atoms with E-state index in [9.17, 15) is 36.4 Å². The van der Waals surface area contributed by atoms with Crippen molar-refractivity contribution in [2.45, 2.75) is 38.1 Å². The Hall–Kier alpha value is -4.87. The molecule has 0 aliphatic heterocycles. The van der Waals surface area contributed by atoms with Crippen molar-refractivity contribution in [3.8, 4) is 16.9 Å². The van der Waals surface area contributed by atoms with Gasteiger partial charge in [0.1, 0.15) is 13.2 Å². The molecule has 0 saturated heterocycles. The molecule has 14 nitrogen and oxygen atoms in total. The van der Waals surface area contributed by atoms with Crippen molar-refractivity contribution in [3.05, 3.63) is 71.1 Å². The van der Waals surface area contributed by atoms with Crippen molar-refractivity contribution in [2.75, 3.05) is 20.2 Å². The number of hydrogen-bond acceptors (Lipinski definition) is 10. The summed E-state index contributed by atoms with van der Waals surface area (Å²) in [5, 5.41) is 19.5. The topological polar surface area (TPSA) is 167 Å². The lowest BCUT2D eigenvalue weighted by atomic mass is 10.1. The minimum atomic E-state index is -4.72. The molecule has 0 radical (unpaired) electrons. The first-order chi connectivity index (χ1) is 20.1. The number of nitrogens with one attached hydrogen (secondary N) is 1. The minimum Gasteiger partial charge on any atom is -0.569 e. The van der Waals surface area contributed by atoms with E-state index in [1.54, 1.807) is 29.0 Å². The zero-order valence-electron chi connectivity index (χ0n) is 23.2. The molecule has 1 aromatic heterocycles. The number of rotatable bonds is 11. The fourth-order valence-electron chi connectivity index (χ4n) is 3.39. The maximum atomic E-state index is 13.4. The van der Waals surface area contributed by atoms with Crippen LogP contribution in [-0.2, 0) is 35.3 Å². The number of carbonyl (C=O) groups excluding carboxylic acids is 2. The Labute approximate surface area is 243 Å². The number of alkyl halides is 3. The molecule has 232 valence electrons. The van der Waals surface area contributed by atoms with Gasteiger partial charge in [-0.25, -0.2) is 22.6 Å². The molecule has 3 rings (SSSR count). The molecule has 2 aromatic carbocycles. The van der Waals surface area contributed by atoms with Gasteiger partial charge in [0, 0.05) is 19.4 Å². The van der Waals surface area contributed by atoms with Gasteiger partial charge in [0.15, 0.2) is 5.69 Å². The molecule has 0 aliphatic rings. The Morgan fingerprint density at radius 1 is 1.16 bits per heavy atom. The first-order valence-electron chi connectivity index (χ1n) is 12.3. The van der Waals surface area contributed by atoms with Crippen LogP contribution in [0.25, 0.3) is 16.9 Å². The minimum absolute atomic E-state index is 0.0128. The molecule has 43 heavy (non-hydrogen) atoms. The zero-order chi connectivity index (χ0) is 31.9. The summed E-state index contributed by atoms with van der Waals surface area (Å²) in [4.78, 5) is 27.2. The maximum Gasteiger partial charge on any atom is 0.435 e. The Balaban J connectivity index is 1.65. The number of amides is 1. The number of nitrogens with zero attached hydrogens (tertiary/aromatic N) is 5. The molecule has 18 heteroatoms. The van der Waals surface area contributed by atoms with E-state index < -0.39 is 46.9 Å². The molecule has 0 spiro atoms. The van der Waals surface area contributed by atoms with E-state index in [0.717, 1.165) is 40.4 Å². The smallest absolute Gasteiger partial charge is 0.435 e. The lowest BCUT2D eigenvalue weighted by Crippen LogP contribution is -2.35. The van der Waals surface area contributed by atoms with Crippen molar-refractivity contribution < 1.29 is 50.5 Å². The van der Waals surface area contributed by atoms with Crippen LogP contribution in [-0.4, -0.2) is 66.7 Å². The van der Waals surface area contributed by atoms with Crippen molar-refractivity contribution in [2.24, 2.45) is 5.28 Å². The zero-order valence-corrected chi connectivity index (χ0v) is 24.0. The standard InChI is InChI=1S/C25H27F3N6O8S/c1-16-5-7-19(8-6-16)22-15-23(25(26,27)28)29-33(22)20-9-11-21(12-10-20)43(38,39)30-24(36)40-14-13-32(4)34(37)31-42-18(3)41-17(2)35/h5-12,15,18H,13-14H2,1-4H3,(H,30,36). The van der Waals surface area contributed by atoms with Crippen molar-refractivity contribution in [3.63, 3.8) is 0 Å². The quantitative estimate of drug-likeness (QED) is 0.108. The van der Waals surface area contributed by atoms with Crippen LogP contribution < -0.4 is 4.72 Å². The number of ether oxygens (including phenoxy) is 2. The first kappa shape index (κ1) is 32.6. The fourth-order valence-corrected chi connectivity index (χ4v) is 4.28. The van der Waals surface area contributed by atoms with Gasteiger partial charge in [-0.1, -0.05) is 29.8 Å². The summed E-state index contributed by atoms with van der Waals surface area (Å²) in [6.07, 6.45) is -7.20. The largest absolute Gasteiger partial charge is 0.569 e. The monoisotopic (exact) mass is 628 g/mol. The molecule has 3 aromatic rings. The molecule has 0 fully saturated rings. The van der Waals surface area contributed by atoms with Crippen molar-refractivity contribution >= 4 is 22.1 Å². The normalized spacial score (nSPS) is 12.8. The number of hydrogen-bond donors (Lipinski definition) is 1. The number of aromatic nitrogens is 2. The predicted octanol–water partition coefficient (Wildman–Crippen LogP) is 3.93. The third-order valence-corrected chi connectivity index (χ3v) is 6.82. The van der Waals surface area contributed by atoms with Gasteiger partial charge in [-0.05, 0) is 37.3 Å². The summed E-state index contributed by atoms with van der Waals surface area (Å²) in [5.74, 6) is -0.650. The van der Waals surface area contributed by atoms with Gasteiger partial charge in [0.25, 0.3) is 16.3 Å². The maximum absolute atomic E-state index is 13.4. The van der Waals surface area contributed by atoms with Gasteiger partial charge < -0.3 is 14.7 Å². The Morgan fingerprint density at radius 3 is 2.37 bits per heavy atom. The summed E-state index contributed by atoms with van der Waals surface area (Å²) >= 11 is 0. The third kappa shape index (κ3) is 9.06. The van der Waals surface area contributed by atoms with Gasteiger partial charge >= 0.3 is 18.2 Å². The summed E-state index contributed by atoms with van der Waals surface area (Å²) in [6, 6.07) is 12.3. The Morgan fingerprint density at radius 2 is 1.79 bits per heavy atom. The molecular formula is C25H27F3N6O8S. The van der Waals surface area contributed by atoms with Gasteiger partial charge in [-0.2, -0.15) is 18.3 Å². The molecule has 0 saturated carbocycles.